The maximum atomic E-state index is 13.1. The van der Waals surface area contributed by atoms with Crippen molar-refractivity contribution in [2.45, 2.75) is 57.3 Å². The number of benzene rings is 1. The number of esters is 1. The summed E-state index contributed by atoms with van der Waals surface area (Å²) >= 11 is 0. The van der Waals surface area contributed by atoms with Crippen LogP contribution in [0.1, 0.15) is 54.4 Å². The number of ketones is 1. The minimum Gasteiger partial charge on any atom is -0.481 e. The molecule has 2 amide bonds. The number of carbonyl (C=O) groups excluding carboxylic acids is 4. The minimum absolute atomic E-state index is 0.158. The van der Waals surface area contributed by atoms with Gasteiger partial charge in [0, 0.05) is 12.6 Å². The molecular formula is C27H32N3O8+. The molecular weight excluding hydrogens is 494 g/mol. The second-order valence-corrected chi connectivity index (χ2v) is 9.05. The Morgan fingerprint density at radius 1 is 1.11 bits per heavy atom. The largest absolute Gasteiger partial charge is 0.481 e. The van der Waals surface area contributed by atoms with E-state index >= 15 is 0 Å². The van der Waals surface area contributed by atoms with E-state index in [9.17, 15) is 24.0 Å². The average Bonchev–Trinajstić information content (AvgIpc) is 2.92. The van der Waals surface area contributed by atoms with Gasteiger partial charge in [-0.05, 0) is 37.8 Å². The summed E-state index contributed by atoms with van der Waals surface area (Å²) in [6, 6.07) is 10.6. The fourth-order valence-corrected chi connectivity index (χ4v) is 4.50. The lowest BCUT2D eigenvalue weighted by atomic mass is 9.85. The highest BCUT2D eigenvalue weighted by Gasteiger charge is 2.39. The number of amides is 2. The van der Waals surface area contributed by atoms with Crippen LogP contribution in [0.2, 0.25) is 0 Å². The van der Waals surface area contributed by atoms with Crippen LogP contribution in [-0.4, -0.2) is 65.5 Å². The van der Waals surface area contributed by atoms with Crippen molar-refractivity contribution in [2.75, 3.05) is 13.7 Å². The lowest BCUT2D eigenvalue weighted by Gasteiger charge is -2.38. The first-order valence-electron chi connectivity index (χ1n) is 12.3. The molecule has 1 saturated heterocycles. The van der Waals surface area contributed by atoms with Gasteiger partial charge in [-0.15, -0.1) is 0 Å². The third kappa shape index (κ3) is 7.37. The zero-order valence-corrected chi connectivity index (χ0v) is 21.4. The Balaban J connectivity index is 1.70. The molecule has 2 heterocycles. The summed E-state index contributed by atoms with van der Waals surface area (Å²) in [6.45, 7) is 1.42. The van der Waals surface area contributed by atoms with Gasteiger partial charge in [0.25, 0.3) is 12.6 Å². The zero-order chi connectivity index (χ0) is 27.7. The molecule has 1 aromatic carbocycles. The third-order valence-corrected chi connectivity index (χ3v) is 6.41. The monoisotopic (exact) mass is 526 g/mol. The van der Waals surface area contributed by atoms with Crippen molar-refractivity contribution in [3.63, 3.8) is 0 Å². The second kappa shape index (κ2) is 13.3. The molecule has 0 spiro atoms. The molecule has 1 aliphatic rings. The number of pyridine rings is 1. The Bertz CT molecular complexity index is 1170. The Morgan fingerprint density at radius 3 is 2.50 bits per heavy atom. The SMILES string of the molecule is COC(=O)C(c1ccccc1)C1CCCCN1C(=O)OC[n+]1cccc(C(=O)NC(CC(=O)O)C(C)=O)c1. The maximum Gasteiger partial charge on any atom is 0.414 e. The molecule has 3 rings (SSSR count). The number of methoxy groups -OCH3 is 1. The van der Waals surface area contributed by atoms with E-state index in [0.717, 1.165) is 18.4 Å². The number of hydrogen-bond acceptors (Lipinski definition) is 7. The van der Waals surface area contributed by atoms with E-state index in [2.05, 4.69) is 5.32 Å². The molecule has 1 fully saturated rings. The molecule has 2 N–H and O–H groups in total. The van der Waals surface area contributed by atoms with Gasteiger partial charge < -0.3 is 24.8 Å². The van der Waals surface area contributed by atoms with Crippen molar-refractivity contribution in [2.24, 2.45) is 0 Å². The summed E-state index contributed by atoms with van der Waals surface area (Å²) in [4.78, 5) is 62.7. The van der Waals surface area contributed by atoms with Crippen molar-refractivity contribution < 1.29 is 43.1 Å². The molecule has 11 nitrogen and oxygen atoms in total. The molecule has 0 saturated carbocycles. The predicted octanol–water partition coefficient (Wildman–Crippen LogP) is 2.04. The van der Waals surface area contributed by atoms with Crippen LogP contribution in [-0.2, 0) is 30.6 Å². The van der Waals surface area contributed by atoms with Gasteiger partial charge in [-0.3, -0.25) is 19.2 Å². The van der Waals surface area contributed by atoms with Crippen LogP contribution in [0.15, 0.2) is 54.9 Å². The molecule has 1 aromatic heterocycles. The normalized spacial score (nSPS) is 16.6. The van der Waals surface area contributed by atoms with Gasteiger partial charge >= 0.3 is 18.0 Å². The van der Waals surface area contributed by atoms with Gasteiger partial charge in [-0.1, -0.05) is 30.3 Å². The smallest absolute Gasteiger partial charge is 0.414 e. The number of aromatic nitrogens is 1. The van der Waals surface area contributed by atoms with E-state index < -0.39 is 54.1 Å². The van der Waals surface area contributed by atoms with Gasteiger partial charge in [0.05, 0.1) is 25.6 Å². The quantitative estimate of drug-likeness (QED) is 0.354. The number of carbonyl (C=O) groups is 5. The highest BCUT2D eigenvalue weighted by molar-refractivity contribution is 5.98. The van der Waals surface area contributed by atoms with Crippen molar-refractivity contribution in [3.05, 3.63) is 66.0 Å². The lowest BCUT2D eigenvalue weighted by molar-refractivity contribution is -0.727. The third-order valence-electron chi connectivity index (χ3n) is 6.41. The number of carboxylic acids is 1. The van der Waals surface area contributed by atoms with Crippen LogP contribution in [0.25, 0.3) is 0 Å². The Hall–Kier alpha value is -4.28. The van der Waals surface area contributed by atoms with Crippen molar-refractivity contribution >= 4 is 29.7 Å². The summed E-state index contributed by atoms with van der Waals surface area (Å²) in [5.74, 6) is -3.41. The van der Waals surface area contributed by atoms with E-state index in [1.165, 1.54) is 30.9 Å². The molecule has 202 valence electrons. The average molecular weight is 527 g/mol. The first-order valence-corrected chi connectivity index (χ1v) is 12.3. The first kappa shape index (κ1) is 28.3. The van der Waals surface area contributed by atoms with E-state index in [0.29, 0.717) is 13.0 Å². The van der Waals surface area contributed by atoms with Crippen LogP contribution >= 0.6 is 0 Å². The molecule has 0 aliphatic carbocycles. The first-order chi connectivity index (χ1) is 18.2. The number of rotatable bonds is 10. The highest BCUT2D eigenvalue weighted by Crippen LogP contribution is 2.32. The van der Waals surface area contributed by atoms with Crippen LogP contribution in [0.5, 0.6) is 0 Å². The predicted molar refractivity (Wildman–Crippen MR) is 133 cm³/mol. The number of ether oxygens (including phenoxy) is 2. The van der Waals surface area contributed by atoms with E-state index in [1.807, 2.05) is 30.3 Å². The molecule has 2 aromatic rings. The summed E-state index contributed by atoms with van der Waals surface area (Å²) in [7, 11) is 1.32. The van der Waals surface area contributed by atoms with Crippen molar-refractivity contribution in [1.29, 1.82) is 0 Å². The summed E-state index contributed by atoms with van der Waals surface area (Å²) in [6.07, 6.45) is 4.13. The van der Waals surface area contributed by atoms with Gasteiger partial charge in [0.1, 0.15) is 11.5 Å². The van der Waals surface area contributed by atoms with Crippen LogP contribution in [0.4, 0.5) is 4.79 Å². The number of nitrogens with one attached hydrogen (secondary N) is 1. The van der Waals surface area contributed by atoms with Crippen molar-refractivity contribution in [3.8, 4) is 0 Å². The molecule has 3 unspecified atom stereocenters. The lowest BCUT2D eigenvalue weighted by Crippen LogP contribution is -2.50. The van der Waals surface area contributed by atoms with E-state index in [1.54, 1.807) is 17.2 Å². The molecule has 38 heavy (non-hydrogen) atoms. The summed E-state index contributed by atoms with van der Waals surface area (Å²) < 4.78 is 12.1. The van der Waals surface area contributed by atoms with Crippen LogP contribution < -0.4 is 9.88 Å². The molecule has 1 aliphatic heterocycles. The molecule has 0 radical (unpaired) electrons. The summed E-state index contributed by atoms with van der Waals surface area (Å²) in [5.41, 5.74) is 0.912. The number of carboxylic acid groups (broad SMARTS) is 1. The fraction of sp³-hybridized carbons (Fsp3) is 0.407. The molecule has 0 bridgehead atoms. The topological polar surface area (TPSA) is 143 Å². The number of nitrogens with zero attached hydrogens (tertiary/aromatic N) is 2. The standard InChI is InChI=1S/C27H31N3O8/c1-18(31)21(15-23(32)33)28-25(34)20-11-8-13-29(16-20)17-38-27(36)30-14-7-6-12-22(30)24(26(35)37-2)19-9-4-3-5-10-19/h3-5,8-11,13,16,21-22,24H,6-7,12,14-15,17H2,1-2H3,(H-,28,32,33,34)/p+1. The van der Waals surface area contributed by atoms with Crippen LogP contribution in [0.3, 0.4) is 0 Å². The zero-order valence-electron chi connectivity index (χ0n) is 21.4. The number of piperidine rings is 1. The maximum absolute atomic E-state index is 13.1. The molecule has 3 atom stereocenters. The number of hydrogen-bond donors (Lipinski definition) is 2. The van der Waals surface area contributed by atoms with Crippen molar-refractivity contribution in [1.82, 2.24) is 10.2 Å². The molecule has 11 heteroatoms. The van der Waals surface area contributed by atoms with Crippen LogP contribution in [0, 0.1) is 0 Å². The summed E-state index contributed by atoms with van der Waals surface area (Å²) in [5, 5.41) is 11.4. The highest BCUT2D eigenvalue weighted by atomic mass is 16.6. The van der Waals surface area contributed by atoms with E-state index in [4.69, 9.17) is 14.6 Å². The van der Waals surface area contributed by atoms with E-state index in [-0.39, 0.29) is 12.3 Å². The van der Waals surface area contributed by atoms with Gasteiger partial charge in [0.2, 0.25) is 0 Å². The van der Waals surface area contributed by atoms with Gasteiger partial charge in [-0.25, -0.2) is 4.79 Å². The number of likely N-dealkylation sites (tertiary alicyclic amines) is 1. The van der Waals surface area contributed by atoms with Gasteiger partial charge in [-0.2, -0.15) is 4.57 Å². The van der Waals surface area contributed by atoms with Gasteiger partial charge in [0.15, 0.2) is 18.2 Å². The Morgan fingerprint density at radius 2 is 1.84 bits per heavy atom. The minimum atomic E-state index is -1.21. The second-order valence-electron chi connectivity index (χ2n) is 9.05. The number of Topliss-reactive ketones (excluding diaryl/α,β-unsaturated/α-hetero) is 1. The number of aliphatic carboxylic acids is 1. The Kier molecular flexibility index (Phi) is 9.92. The Labute approximate surface area is 220 Å². The fourth-order valence-electron chi connectivity index (χ4n) is 4.50.